The highest BCUT2D eigenvalue weighted by Crippen LogP contribution is 2.41. The number of hydrogen-bond acceptors (Lipinski definition) is 6. The third-order valence-corrected chi connectivity index (χ3v) is 5.92. The first-order valence-electron chi connectivity index (χ1n) is 8.88. The number of thioether (sulfide) groups is 1. The van der Waals surface area contributed by atoms with Crippen molar-refractivity contribution in [2.24, 2.45) is 0 Å². The second-order valence-corrected chi connectivity index (χ2v) is 8.11. The first kappa shape index (κ1) is 17.2. The predicted octanol–water partition coefficient (Wildman–Crippen LogP) is 4.61. The van der Waals surface area contributed by atoms with E-state index in [1.165, 1.54) is 12.8 Å². The lowest BCUT2D eigenvalue weighted by Crippen LogP contribution is -2.13. The van der Waals surface area contributed by atoms with E-state index in [4.69, 9.17) is 25.5 Å². The fourth-order valence-corrected chi connectivity index (χ4v) is 4.44. The molecule has 0 bridgehead atoms. The Bertz CT molecular complexity index is 954. The van der Waals surface area contributed by atoms with Gasteiger partial charge in [-0.15, -0.1) is 10.2 Å². The summed E-state index contributed by atoms with van der Waals surface area (Å²) in [4.78, 5) is 0. The molecule has 0 unspecified atom stereocenters. The Balaban J connectivity index is 1.41. The van der Waals surface area contributed by atoms with Gasteiger partial charge in [0.15, 0.2) is 11.9 Å². The molecule has 1 aromatic carbocycles. The van der Waals surface area contributed by atoms with Crippen molar-refractivity contribution < 1.29 is 13.9 Å². The summed E-state index contributed by atoms with van der Waals surface area (Å²) in [5.74, 6) is 4.04. The summed E-state index contributed by atoms with van der Waals surface area (Å²) in [5, 5.41) is 10.5. The maximum Gasteiger partial charge on any atom is 0.191 e. The third kappa shape index (κ3) is 3.59. The molecular weight excluding hydrogens is 386 g/mol. The molecule has 3 heterocycles. The zero-order valence-corrected chi connectivity index (χ0v) is 16.1. The van der Waals surface area contributed by atoms with E-state index in [-0.39, 0.29) is 6.79 Å². The molecule has 140 valence electrons. The number of nitrogens with zero attached hydrogens (tertiary/aromatic N) is 3. The molecule has 3 aromatic rings. The third-order valence-electron chi connectivity index (χ3n) is 4.69. The Morgan fingerprint density at radius 1 is 1.26 bits per heavy atom. The van der Waals surface area contributed by atoms with Crippen LogP contribution in [0.5, 0.6) is 5.75 Å². The Hall–Kier alpha value is -1.96. The monoisotopic (exact) mass is 403 g/mol. The SMILES string of the molecule is Clc1cc2c(c(CSc3nnc(C4CC4)n3Cc3ccco3)c1)OCOC2. The smallest absolute Gasteiger partial charge is 0.191 e. The summed E-state index contributed by atoms with van der Waals surface area (Å²) in [7, 11) is 0. The maximum atomic E-state index is 6.28. The van der Waals surface area contributed by atoms with Gasteiger partial charge in [-0.05, 0) is 37.1 Å². The molecule has 6 nitrogen and oxygen atoms in total. The quantitative estimate of drug-likeness (QED) is 0.560. The number of aromatic nitrogens is 3. The van der Waals surface area contributed by atoms with Crippen molar-refractivity contribution >= 4 is 23.4 Å². The Kier molecular flexibility index (Phi) is 4.59. The topological polar surface area (TPSA) is 62.3 Å². The first-order valence-corrected chi connectivity index (χ1v) is 10.2. The van der Waals surface area contributed by atoms with Crippen LogP contribution in [0, 0.1) is 0 Å². The number of furan rings is 1. The molecule has 0 amide bonds. The summed E-state index contributed by atoms with van der Waals surface area (Å²) in [6, 6.07) is 7.73. The predicted molar refractivity (Wildman–Crippen MR) is 101 cm³/mol. The minimum absolute atomic E-state index is 0.271. The van der Waals surface area contributed by atoms with Crippen LogP contribution >= 0.6 is 23.4 Å². The summed E-state index contributed by atoms with van der Waals surface area (Å²) in [6.45, 7) is 1.44. The van der Waals surface area contributed by atoms with Crippen molar-refractivity contribution in [1.29, 1.82) is 0 Å². The number of benzene rings is 1. The summed E-state index contributed by atoms with van der Waals surface area (Å²) >= 11 is 7.92. The summed E-state index contributed by atoms with van der Waals surface area (Å²) in [5.41, 5.74) is 2.03. The normalized spacial score (nSPS) is 16.2. The van der Waals surface area contributed by atoms with E-state index in [9.17, 15) is 0 Å². The van der Waals surface area contributed by atoms with Gasteiger partial charge in [-0.25, -0.2) is 0 Å². The average molecular weight is 404 g/mol. The molecule has 2 aromatic heterocycles. The molecule has 0 saturated heterocycles. The molecule has 27 heavy (non-hydrogen) atoms. The minimum Gasteiger partial charge on any atom is -0.467 e. The second-order valence-electron chi connectivity index (χ2n) is 6.73. The lowest BCUT2D eigenvalue weighted by atomic mass is 10.1. The van der Waals surface area contributed by atoms with E-state index in [2.05, 4.69) is 14.8 Å². The molecule has 0 N–H and O–H groups in total. The number of ether oxygens (including phenoxy) is 2. The van der Waals surface area contributed by atoms with Gasteiger partial charge in [0.25, 0.3) is 0 Å². The fraction of sp³-hybridized carbons (Fsp3) is 0.368. The van der Waals surface area contributed by atoms with Crippen LogP contribution in [-0.2, 0) is 23.6 Å². The lowest BCUT2D eigenvalue weighted by Gasteiger charge is -2.21. The largest absolute Gasteiger partial charge is 0.467 e. The van der Waals surface area contributed by atoms with Crippen LogP contribution in [0.1, 0.15) is 41.5 Å². The summed E-state index contributed by atoms with van der Waals surface area (Å²) in [6.07, 6.45) is 4.05. The van der Waals surface area contributed by atoms with Crippen LogP contribution in [0.15, 0.2) is 40.1 Å². The van der Waals surface area contributed by atoms with Crippen LogP contribution in [0.2, 0.25) is 5.02 Å². The Morgan fingerprint density at radius 2 is 2.19 bits per heavy atom. The molecule has 0 radical (unpaired) electrons. The Labute approximate surface area is 165 Å². The van der Waals surface area contributed by atoms with E-state index >= 15 is 0 Å². The number of rotatable bonds is 6. The lowest BCUT2D eigenvalue weighted by molar-refractivity contribution is -0.0168. The second kappa shape index (κ2) is 7.22. The van der Waals surface area contributed by atoms with Crippen molar-refractivity contribution in [1.82, 2.24) is 14.8 Å². The van der Waals surface area contributed by atoms with Crippen molar-refractivity contribution in [3.8, 4) is 5.75 Å². The van der Waals surface area contributed by atoms with Gasteiger partial charge in [0.05, 0.1) is 19.4 Å². The van der Waals surface area contributed by atoms with Crippen LogP contribution in [0.4, 0.5) is 0 Å². The molecule has 0 atom stereocenters. The van der Waals surface area contributed by atoms with E-state index < -0.39 is 0 Å². The molecule has 0 spiro atoms. The van der Waals surface area contributed by atoms with Crippen LogP contribution in [-0.4, -0.2) is 21.6 Å². The molecule has 8 heteroatoms. The molecular formula is C19H18ClN3O3S. The van der Waals surface area contributed by atoms with Gasteiger partial charge in [0, 0.05) is 27.8 Å². The van der Waals surface area contributed by atoms with E-state index in [0.717, 1.165) is 33.6 Å². The molecule has 1 aliphatic carbocycles. The van der Waals surface area contributed by atoms with Crippen LogP contribution in [0.25, 0.3) is 0 Å². The Morgan fingerprint density at radius 3 is 3.00 bits per heavy atom. The maximum absolute atomic E-state index is 6.28. The standard InChI is InChI=1S/C19H18ClN3O3S/c20-15-6-13-9-24-11-26-17(13)14(7-15)10-27-19-22-21-18(12-3-4-12)23(19)8-16-2-1-5-25-16/h1-2,5-7,12H,3-4,8-11H2. The van der Waals surface area contributed by atoms with E-state index in [1.807, 2.05) is 24.3 Å². The molecule has 1 aliphatic heterocycles. The molecule has 1 fully saturated rings. The van der Waals surface area contributed by atoms with Gasteiger partial charge in [0.2, 0.25) is 0 Å². The van der Waals surface area contributed by atoms with E-state index in [0.29, 0.717) is 29.8 Å². The van der Waals surface area contributed by atoms with Crippen molar-refractivity contribution in [3.63, 3.8) is 0 Å². The summed E-state index contributed by atoms with van der Waals surface area (Å²) < 4.78 is 18.8. The number of fused-ring (bicyclic) bond motifs is 1. The van der Waals surface area contributed by atoms with Crippen LogP contribution in [0.3, 0.4) is 0 Å². The highest BCUT2D eigenvalue weighted by molar-refractivity contribution is 7.98. The number of hydrogen-bond donors (Lipinski definition) is 0. The number of halogens is 1. The van der Waals surface area contributed by atoms with Gasteiger partial charge in [-0.3, -0.25) is 4.57 Å². The zero-order chi connectivity index (χ0) is 18.2. The first-order chi connectivity index (χ1) is 13.3. The van der Waals surface area contributed by atoms with Crippen molar-refractivity contribution in [3.05, 3.63) is 58.3 Å². The average Bonchev–Trinajstić information content (AvgIpc) is 3.24. The minimum atomic E-state index is 0.271. The van der Waals surface area contributed by atoms with Gasteiger partial charge >= 0.3 is 0 Å². The van der Waals surface area contributed by atoms with Gasteiger partial charge < -0.3 is 13.9 Å². The van der Waals surface area contributed by atoms with Gasteiger partial charge in [-0.1, -0.05) is 23.4 Å². The van der Waals surface area contributed by atoms with E-state index in [1.54, 1.807) is 18.0 Å². The molecule has 1 saturated carbocycles. The van der Waals surface area contributed by atoms with Gasteiger partial charge in [0.1, 0.15) is 17.3 Å². The molecule has 5 rings (SSSR count). The van der Waals surface area contributed by atoms with Gasteiger partial charge in [-0.2, -0.15) is 0 Å². The van der Waals surface area contributed by atoms with Crippen molar-refractivity contribution in [2.75, 3.05) is 6.79 Å². The zero-order valence-electron chi connectivity index (χ0n) is 14.6. The highest BCUT2D eigenvalue weighted by atomic mass is 35.5. The highest BCUT2D eigenvalue weighted by Gasteiger charge is 2.31. The van der Waals surface area contributed by atoms with Crippen LogP contribution < -0.4 is 4.74 Å². The molecule has 2 aliphatic rings. The van der Waals surface area contributed by atoms with Crippen molar-refractivity contribution in [2.45, 2.75) is 42.8 Å². The fourth-order valence-electron chi connectivity index (χ4n) is 3.26.